The van der Waals surface area contributed by atoms with E-state index in [-0.39, 0.29) is 54.3 Å². The molecule has 1 aromatic rings. The lowest BCUT2D eigenvalue weighted by molar-refractivity contribution is -0.154. The number of amides is 1. The lowest BCUT2D eigenvalue weighted by Gasteiger charge is -2.20. The molecule has 1 aliphatic heterocycles. The fourth-order valence-electron chi connectivity index (χ4n) is 2.85. The first-order valence-corrected chi connectivity index (χ1v) is 9.09. The standard InChI is InChI=1S/C18H26F3N5O2.HI/c1-12(2)16(27)26-8-6-14(10-26)25-17(22-3)24-9-13-5-4-7-23-15(13)28-11-18(19,20)21;/h4-5,7,12,14H,6,8-11H2,1-3H3,(H2,22,24,25);1H. The van der Waals surface area contributed by atoms with Gasteiger partial charge in [-0.1, -0.05) is 19.9 Å². The average molecular weight is 529 g/mol. The van der Waals surface area contributed by atoms with Crippen molar-refractivity contribution in [3.8, 4) is 5.88 Å². The molecule has 1 unspecified atom stereocenters. The number of ether oxygens (including phenoxy) is 1. The van der Waals surface area contributed by atoms with Crippen LogP contribution >= 0.6 is 24.0 Å². The Balaban J connectivity index is 0.00000420. The molecule has 1 aliphatic rings. The zero-order valence-electron chi connectivity index (χ0n) is 16.6. The van der Waals surface area contributed by atoms with Crippen LogP contribution < -0.4 is 15.4 Å². The van der Waals surface area contributed by atoms with Gasteiger partial charge in [0.1, 0.15) is 0 Å². The molecular formula is C18H27F3IN5O2. The normalized spacial score (nSPS) is 17.1. The molecule has 7 nitrogen and oxygen atoms in total. The van der Waals surface area contributed by atoms with E-state index in [9.17, 15) is 18.0 Å². The van der Waals surface area contributed by atoms with E-state index in [4.69, 9.17) is 4.74 Å². The Morgan fingerprint density at radius 3 is 2.79 bits per heavy atom. The molecule has 164 valence electrons. The van der Waals surface area contributed by atoms with E-state index >= 15 is 0 Å². The number of nitrogens with one attached hydrogen (secondary N) is 2. The summed E-state index contributed by atoms with van der Waals surface area (Å²) in [4.78, 5) is 21.9. The minimum atomic E-state index is -4.43. The minimum Gasteiger partial charge on any atom is -0.468 e. The zero-order chi connectivity index (χ0) is 20.7. The van der Waals surface area contributed by atoms with Crippen molar-refractivity contribution in [3.63, 3.8) is 0 Å². The third-order valence-corrected chi connectivity index (χ3v) is 4.23. The summed E-state index contributed by atoms with van der Waals surface area (Å²) in [5.41, 5.74) is 0.484. The second-order valence-corrected chi connectivity index (χ2v) is 6.87. The smallest absolute Gasteiger partial charge is 0.422 e. The van der Waals surface area contributed by atoms with Crippen molar-refractivity contribution in [3.05, 3.63) is 23.9 Å². The van der Waals surface area contributed by atoms with Crippen molar-refractivity contribution >= 4 is 35.8 Å². The number of nitrogens with zero attached hydrogens (tertiary/aromatic N) is 3. The molecule has 1 fully saturated rings. The van der Waals surface area contributed by atoms with Crippen LogP contribution in [0, 0.1) is 5.92 Å². The molecule has 29 heavy (non-hydrogen) atoms. The van der Waals surface area contributed by atoms with E-state index < -0.39 is 12.8 Å². The van der Waals surface area contributed by atoms with Crippen molar-refractivity contribution in [2.45, 2.75) is 39.0 Å². The first-order valence-electron chi connectivity index (χ1n) is 9.09. The Labute approximate surface area is 185 Å². The molecule has 0 radical (unpaired) electrons. The number of aliphatic imine (C=N–C) groups is 1. The molecule has 0 saturated carbocycles. The summed E-state index contributed by atoms with van der Waals surface area (Å²) in [6.45, 7) is 3.81. The maximum Gasteiger partial charge on any atom is 0.422 e. The summed E-state index contributed by atoms with van der Waals surface area (Å²) in [6, 6.07) is 3.32. The van der Waals surface area contributed by atoms with Crippen LogP contribution in [0.5, 0.6) is 5.88 Å². The van der Waals surface area contributed by atoms with Crippen LogP contribution in [-0.2, 0) is 11.3 Å². The van der Waals surface area contributed by atoms with Gasteiger partial charge >= 0.3 is 6.18 Å². The van der Waals surface area contributed by atoms with Crippen LogP contribution in [0.3, 0.4) is 0 Å². The van der Waals surface area contributed by atoms with Gasteiger partial charge in [0.2, 0.25) is 11.8 Å². The van der Waals surface area contributed by atoms with Crippen molar-refractivity contribution in [2.75, 3.05) is 26.7 Å². The van der Waals surface area contributed by atoms with Gasteiger partial charge < -0.3 is 20.3 Å². The summed E-state index contributed by atoms with van der Waals surface area (Å²) in [5, 5.41) is 6.29. The van der Waals surface area contributed by atoms with Gasteiger partial charge in [-0.3, -0.25) is 9.79 Å². The Kier molecular flexibility index (Phi) is 9.93. The Morgan fingerprint density at radius 1 is 1.45 bits per heavy atom. The monoisotopic (exact) mass is 529 g/mol. The highest BCUT2D eigenvalue weighted by Crippen LogP contribution is 2.20. The van der Waals surface area contributed by atoms with Crippen molar-refractivity contribution in [1.82, 2.24) is 20.5 Å². The van der Waals surface area contributed by atoms with Gasteiger partial charge in [0.15, 0.2) is 12.6 Å². The SMILES string of the molecule is CN=C(NCc1cccnc1OCC(F)(F)F)NC1CCN(C(=O)C(C)C)C1.I. The first-order chi connectivity index (χ1) is 13.2. The summed E-state index contributed by atoms with van der Waals surface area (Å²) in [5.74, 6) is 0.498. The fourth-order valence-corrected chi connectivity index (χ4v) is 2.85. The third-order valence-electron chi connectivity index (χ3n) is 4.23. The number of pyridine rings is 1. The lowest BCUT2D eigenvalue weighted by Crippen LogP contribution is -2.45. The molecule has 2 rings (SSSR count). The summed E-state index contributed by atoms with van der Waals surface area (Å²) in [7, 11) is 1.60. The molecule has 11 heteroatoms. The molecule has 2 heterocycles. The summed E-state index contributed by atoms with van der Waals surface area (Å²) >= 11 is 0. The third kappa shape index (κ3) is 8.23. The van der Waals surface area contributed by atoms with E-state index in [0.29, 0.717) is 24.6 Å². The number of guanidine groups is 1. The molecule has 1 aromatic heterocycles. The number of likely N-dealkylation sites (tertiary alicyclic amines) is 1. The second-order valence-electron chi connectivity index (χ2n) is 6.87. The van der Waals surface area contributed by atoms with E-state index in [1.165, 1.54) is 6.20 Å². The number of halogens is 4. The number of aromatic nitrogens is 1. The van der Waals surface area contributed by atoms with Crippen LogP contribution in [0.2, 0.25) is 0 Å². The Hall–Kier alpha value is -1.79. The molecule has 1 saturated heterocycles. The van der Waals surface area contributed by atoms with Crippen LogP contribution in [-0.4, -0.2) is 60.7 Å². The number of alkyl halides is 3. The molecule has 0 aliphatic carbocycles. The number of hydrogen-bond donors (Lipinski definition) is 2. The van der Waals surface area contributed by atoms with Crippen LogP contribution in [0.25, 0.3) is 0 Å². The van der Waals surface area contributed by atoms with E-state index in [1.807, 2.05) is 18.7 Å². The number of rotatable bonds is 6. The molecular weight excluding hydrogens is 502 g/mol. The fraction of sp³-hybridized carbons (Fsp3) is 0.611. The predicted octanol–water partition coefficient (Wildman–Crippen LogP) is 2.56. The minimum absolute atomic E-state index is 0. The average Bonchev–Trinajstić information content (AvgIpc) is 3.11. The predicted molar refractivity (Wildman–Crippen MR) is 114 cm³/mol. The Bertz CT molecular complexity index is 700. The largest absolute Gasteiger partial charge is 0.468 e. The maximum atomic E-state index is 12.4. The maximum absolute atomic E-state index is 12.4. The van der Waals surface area contributed by atoms with Crippen LogP contribution in [0.1, 0.15) is 25.8 Å². The highest BCUT2D eigenvalue weighted by Gasteiger charge is 2.29. The van der Waals surface area contributed by atoms with Crippen molar-refractivity contribution in [1.29, 1.82) is 0 Å². The van der Waals surface area contributed by atoms with Crippen molar-refractivity contribution < 1.29 is 22.7 Å². The van der Waals surface area contributed by atoms with E-state index in [2.05, 4.69) is 20.6 Å². The molecule has 1 amide bonds. The van der Waals surface area contributed by atoms with E-state index in [1.54, 1.807) is 19.2 Å². The van der Waals surface area contributed by atoms with Gasteiger partial charge in [0, 0.05) is 50.4 Å². The summed E-state index contributed by atoms with van der Waals surface area (Å²) in [6.07, 6.45) is -2.26. The number of carbonyl (C=O) groups is 1. The van der Waals surface area contributed by atoms with Crippen LogP contribution in [0.15, 0.2) is 23.3 Å². The van der Waals surface area contributed by atoms with Gasteiger partial charge in [-0.15, -0.1) is 24.0 Å². The van der Waals surface area contributed by atoms with Gasteiger partial charge in [-0.25, -0.2) is 4.98 Å². The number of carbonyl (C=O) groups excluding carboxylic acids is 1. The number of hydrogen-bond acceptors (Lipinski definition) is 4. The lowest BCUT2D eigenvalue weighted by atomic mass is 10.2. The Morgan fingerprint density at radius 2 is 2.17 bits per heavy atom. The zero-order valence-corrected chi connectivity index (χ0v) is 19.0. The molecule has 0 aromatic carbocycles. The highest BCUT2D eigenvalue weighted by molar-refractivity contribution is 14.0. The molecule has 2 N–H and O–H groups in total. The highest BCUT2D eigenvalue weighted by atomic mass is 127. The van der Waals surface area contributed by atoms with Crippen molar-refractivity contribution in [2.24, 2.45) is 10.9 Å². The van der Waals surface area contributed by atoms with Gasteiger partial charge in [0.05, 0.1) is 0 Å². The topological polar surface area (TPSA) is 78.9 Å². The van der Waals surface area contributed by atoms with Gasteiger partial charge in [0.25, 0.3) is 0 Å². The summed E-state index contributed by atoms with van der Waals surface area (Å²) < 4.78 is 41.9. The molecule has 1 atom stereocenters. The first kappa shape index (κ1) is 25.2. The molecule has 0 bridgehead atoms. The van der Waals surface area contributed by atoms with E-state index in [0.717, 1.165) is 6.42 Å². The van der Waals surface area contributed by atoms with Crippen LogP contribution in [0.4, 0.5) is 13.2 Å². The molecule has 0 spiro atoms. The van der Waals surface area contributed by atoms with Gasteiger partial charge in [-0.2, -0.15) is 13.2 Å². The second kappa shape index (κ2) is 11.4. The quantitative estimate of drug-likeness (QED) is 0.337. The van der Waals surface area contributed by atoms with Gasteiger partial charge in [-0.05, 0) is 12.5 Å².